The number of hydrogen-bond acceptors (Lipinski definition) is 4. The Balaban J connectivity index is 2.03. The first-order valence-electron chi connectivity index (χ1n) is 6.70. The molecule has 2 aromatic rings. The van der Waals surface area contributed by atoms with Crippen molar-refractivity contribution in [2.45, 2.75) is 6.92 Å². The highest BCUT2D eigenvalue weighted by atomic mass is 16.5. The van der Waals surface area contributed by atoms with Crippen LogP contribution in [0.25, 0.3) is 0 Å². The molecule has 5 heteroatoms. The summed E-state index contributed by atoms with van der Waals surface area (Å²) in [6.45, 7) is 1.42. The number of benzene rings is 2. The zero-order valence-electron chi connectivity index (χ0n) is 12.1. The Morgan fingerprint density at radius 1 is 0.955 bits per heavy atom. The van der Waals surface area contributed by atoms with Crippen LogP contribution < -0.4 is 9.64 Å². The molecule has 110 valence electrons. The van der Waals surface area contributed by atoms with Gasteiger partial charge >= 0.3 is 0 Å². The van der Waals surface area contributed by atoms with Gasteiger partial charge in [-0.3, -0.25) is 14.4 Å². The fraction of sp³-hybridized carbons (Fsp3) is 0.118. The van der Waals surface area contributed by atoms with Gasteiger partial charge in [-0.05, 0) is 43.3 Å². The monoisotopic (exact) mass is 295 g/mol. The number of rotatable bonds is 3. The minimum absolute atomic E-state index is 0.147. The van der Waals surface area contributed by atoms with Crippen molar-refractivity contribution in [3.8, 4) is 5.75 Å². The van der Waals surface area contributed by atoms with Gasteiger partial charge < -0.3 is 4.74 Å². The predicted molar refractivity (Wildman–Crippen MR) is 80.6 cm³/mol. The van der Waals surface area contributed by atoms with Crippen molar-refractivity contribution in [2.24, 2.45) is 0 Å². The second-order valence-corrected chi connectivity index (χ2v) is 4.96. The number of carbonyl (C=O) groups is 3. The molecule has 22 heavy (non-hydrogen) atoms. The first kappa shape index (κ1) is 14.0. The van der Waals surface area contributed by atoms with Gasteiger partial charge in [0, 0.05) is 5.56 Å². The van der Waals surface area contributed by atoms with Crippen LogP contribution in [0.1, 0.15) is 38.0 Å². The summed E-state index contributed by atoms with van der Waals surface area (Å²) in [4.78, 5) is 37.5. The summed E-state index contributed by atoms with van der Waals surface area (Å²) >= 11 is 0. The van der Waals surface area contributed by atoms with Gasteiger partial charge in [-0.15, -0.1) is 0 Å². The number of ketones is 1. The van der Waals surface area contributed by atoms with E-state index in [1.54, 1.807) is 37.4 Å². The molecule has 0 atom stereocenters. The highest BCUT2D eigenvalue weighted by molar-refractivity contribution is 6.34. The average Bonchev–Trinajstić information content (AvgIpc) is 2.78. The van der Waals surface area contributed by atoms with E-state index >= 15 is 0 Å². The lowest BCUT2D eigenvalue weighted by atomic mass is 10.0. The Bertz CT molecular complexity index is 793. The van der Waals surface area contributed by atoms with E-state index in [1.807, 2.05) is 0 Å². The second kappa shape index (κ2) is 5.11. The van der Waals surface area contributed by atoms with E-state index in [0.29, 0.717) is 22.6 Å². The van der Waals surface area contributed by atoms with E-state index in [9.17, 15) is 14.4 Å². The molecule has 5 nitrogen and oxygen atoms in total. The van der Waals surface area contributed by atoms with E-state index in [1.165, 1.54) is 19.1 Å². The topological polar surface area (TPSA) is 63.7 Å². The zero-order chi connectivity index (χ0) is 15.9. The highest BCUT2D eigenvalue weighted by Crippen LogP contribution is 2.30. The number of methoxy groups -OCH3 is 1. The molecule has 0 saturated heterocycles. The molecule has 0 bridgehead atoms. The van der Waals surface area contributed by atoms with Crippen molar-refractivity contribution < 1.29 is 19.1 Å². The second-order valence-electron chi connectivity index (χ2n) is 4.96. The maximum Gasteiger partial charge on any atom is 0.266 e. The molecule has 0 aromatic heterocycles. The summed E-state index contributed by atoms with van der Waals surface area (Å²) in [6, 6.07) is 11.2. The molecule has 1 aliphatic rings. The molecule has 2 aromatic carbocycles. The van der Waals surface area contributed by atoms with Gasteiger partial charge in [0.2, 0.25) is 0 Å². The lowest BCUT2D eigenvalue weighted by molar-refractivity contribution is 0.0925. The third kappa shape index (κ3) is 2.07. The van der Waals surface area contributed by atoms with Gasteiger partial charge in [-0.2, -0.15) is 0 Å². The van der Waals surface area contributed by atoms with Crippen LogP contribution >= 0.6 is 0 Å². The van der Waals surface area contributed by atoms with Gasteiger partial charge in [0.1, 0.15) is 5.75 Å². The highest BCUT2D eigenvalue weighted by Gasteiger charge is 2.36. The maximum atomic E-state index is 12.5. The number of nitrogens with zero attached hydrogens (tertiary/aromatic N) is 1. The standard InChI is InChI=1S/C17H13NO4/c1-10(19)11-3-8-14-15(9-11)17(21)18(16(14)20)12-4-6-13(22-2)7-5-12/h3-9H,1-2H3. The van der Waals surface area contributed by atoms with Gasteiger partial charge in [0.15, 0.2) is 5.78 Å². The molecule has 1 heterocycles. The summed E-state index contributed by atoms with van der Waals surface area (Å²) in [7, 11) is 1.54. The number of anilines is 1. The maximum absolute atomic E-state index is 12.5. The van der Waals surface area contributed by atoms with E-state index in [0.717, 1.165) is 4.90 Å². The molecular weight excluding hydrogens is 282 g/mol. The van der Waals surface area contributed by atoms with Crippen LogP contribution in [0.5, 0.6) is 5.75 Å². The summed E-state index contributed by atoms with van der Waals surface area (Å²) in [5.41, 5.74) is 1.45. The van der Waals surface area contributed by atoms with E-state index in [2.05, 4.69) is 0 Å². The Morgan fingerprint density at radius 3 is 2.18 bits per heavy atom. The molecular formula is C17H13NO4. The molecule has 0 aliphatic carbocycles. The first-order chi connectivity index (χ1) is 10.5. The summed E-state index contributed by atoms with van der Waals surface area (Å²) in [6.07, 6.45) is 0. The van der Waals surface area contributed by atoms with E-state index in [4.69, 9.17) is 4.74 Å². The zero-order valence-corrected chi connectivity index (χ0v) is 12.1. The molecule has 0 spiro atoms. The number of amides is 2. The SMILES string of the molecule is COc1ccc(N2C(=O)c3ccc(C(C)=O)cc3C2=O)cc1. The van der Waals surface area contributed by atoms with Crippen molar-refractivity contribution in [3.05, 3.63) is 59.2 Å². The van der Waals surface area contributed by atoms with Gasteiger partial charge in [-0.1, -0.05) is 6.07 Å². The molecule has 2 amide bonds. The Labute approximate surface area is 127 Å². The number of carbonyl (C=O) groups excluding carboxylic acids is 3. The van der Waals surface area contributed by atoms with Crippen molar-refractivity contribution in [1.82, 2.24) is 0 Å². The fourth-order valence-electron chi connectivity index (χ4n) is 2.43. The smallest absolute Gasteiger partial charge is 0.266 e. The molecule has 3 rings (SSSR count). The van der Waals surface area contributed by atoms with Crippen LogP contribution in [0, 0.1) is 0 Å². The lowest BCUT2D eigenvalue weighted by Crippen LogP contribution is -2.29. The van der Waals surface area contributed by atoms with Crippen molar-refractivity contribution in [1.29, 1.82) is 0 Å². The van der Waals surface area contributed by atoms with Gasteiger partial charge in [0.25, 0.3) is 11.8 Å². The summed E-state index contributed by atoms with van der Waals surface area (Å²) in [5, 5.41) is 0. The minimum atomic E-state index is -0.423. The van der Waals surface area contributed by atoms with Gasteiger partial charge in [0.05, 0.1) is 23.9 Å². The van der Waals surface area contributed by atoms with Crippen molar-refractivity contribution in [3.63, 3.8) is 0 Å². The molecule has 0 N–H and O–H groups in total. The number of imide groups is 1. The number of ether oxygens (including phenoxy) is 1. The molecule has 0 fully saturated rings. The van der Waals surface area contributed by atoms with Crippen molar-refractivity contribution in [2.75, 3.05) is 12.0 Å². The predicted octanol–water partition coefficient (Wildman–Crippen LogP) is 2.70. The molecule has 0 radical (unpaired) electrons. The third-order valence-corrected chi connectivity index (χ3v) is 3.62. The molecule has 1 aliphatic heterocycles. The molecule has 0 saturated carbocycles. The quantitative estimate of drug-likeness (QED) is 0.645. The normalized spacial score (nSPS) is 13.3. The Kier molecular flexibility index (Phi) is 3.25. The lowest BCUT2D eigenvalue weighted by Gasteiger charge is -2.14. The van der Waals surface area contributed by atoms with Crippen LogP contribution in [-0.2, 0) is 0 Å². The first-order valence-corrected chi connectivity index (χ1v) is 6.70. The minimum Gasteiger partial charge on any atom is -0.497 e. The van der Waals surface area contributed by atoms with Gasteiger partial charge in [-0.25, -0.2) is 4.90 Å². The number of Topliss-reactive ketones (excluding diaryl/α,β-unsaturated/α-hetero) is 1. The average molecular weight is 295 g/mol. The number of hydrogen-bond donors (Lipinski definition) is 0. The summed E-state index contributed by atoms with van der Waals surface area (Å²) in [5.74, 6) is -0.321. The fourth-order valence-corrected chi connectivity index (χ4v) is 2.43. The number of fused-ring (bicyclic) bond motifs is 1. The van der Waals surface area contributed by atoms with Crippen LogP contribution in [0.2, 0.25) is 0 Å². The van der Waals surface area contributed by atoms with Crippen LogP contribution in [0.3, 0.4) is 0 Å². The van der Waals surface area contributed by atoms with Crippen molar-refractivity contribution >= 4 is 23.3 Å². The van der Waals surface area contributed by atoms with E-state index in [-0.39, 0.29) is 17.3 Å². The van der Waals surface area contributed by atoms with E-state index < -0.39 is 5.91 Å². The van der Waals surface area contributed by atoms with Crippen LogP contribution in [0.4, 0.5) is 5.69 Å². The largest absolute Gasteiger partial charge is 0.497 e. The Hall–Kier alpha value is -2.95. The van der Waals surface area contributed by atoms with Crippen LogP contribution in [0.15, 0.2) is 42.5 Å². The van der Waals surface area contributed by atoms with Crippen LogP contribution in [-0.4, -0.2) is 24.7 Å². The third-order valence-electron chi connectivity index (χ3n) is 3.62. The Morgan fingerprint density at radius 2 is 1.59 bits per heavy atom. The molecule has 0 unspecified atom stereocenters. The summed E-state index contributed by atoms with van der Waals surface area (Å²) < 4.78 is 5.06.